The molecule has 1 aromatic heterocycles. The molecule has 0 saturated heterocycles. The number of rotatable bonds is 7. The topological polar surface area (TPSA) is 80.9 Å². The van der Waals surface area contributed by atoms with Crippen molar-refractivity contribution in [3.63, 3.8) is 0 Å². The molecule has 7 heteroatoms. The Morgan fingerprint density at radius 3 is 2.79 bits per heavy atom. The summed E-state index contributed by atoms with van der Waals surface area (Å²) in [5, 5.41) is 2.92. The smallest absolute Gasteiger partial charge is 0.225 e. The van der Waals surface area contributed by atoms with Crippen LogP contribution in [0.3, 0.4) is 0 Å². The average Bonchev–Trinajstić information content (AvgIpc) is 2.40. The van der Waals surface area contributed by atoms with E-state index in [4.69, 9.17) is 28.9 Å². The van der Waals surface area contributed by atoms with Crippen LogP contribution in [-0.4, -0.2) is 22.4 Å². The lowest BCUT2D eigenvalue weighted by atomic mass is 9.96. The van der Waals surface area contributed by atoms with Gasteiger partial charge in [-0.25, -0.2) is 9.97 Å². The van der Waals surface area contributed by atoms with Crippen LogP contribution in [0.4, 0.5) is 5.82 Å². The van der Waals surface area contributed by atoms with E-state index in [2.05, 4.69) is 22.2 Å². The number of nitrogens with zero attached hydrogens (tertiary/aromatic N) is 2. The summed E-state index contributed by atoms with van der Waals surface area (Å²) in [5.74, 6) is 0.589. The lowest BCUT2D eigenvalue weighted by Gasteiger charge is -2.13. The first kappa shape index (κ1) is 16.1. The highest BCUT2D eigenvalue weighted by Gasteiger charge is 2.12. The molecule has 1 amide bonds. The number of halogens is 2. The van der Waals surface area contributed by atoms with E-state index in [1.165, 1.54) is 6.33 Å². The fraction of sp³-hybridized carbons (Fsp3) is 0.583. The molecule has 0 bridgehead atoms. The van der Waals surface area contributed by atoms with Crippen LogP contribution in [-0.2, 0) is 4.79 Å². The SMILES string of the molecule is CCC(CCN)CCC(=O)Nc1ncnc(Cl)c1Cl. The zero-order valence-corrected chi connectivity index (χ0v) is 12.3. The quantitative estimate of drug-likeness (QED) is 0.759. The van der Waals surface area contributed by atoms with Crippen molar-refractivity contribution in [2.24, 2.45) is 11.7 Å². The van der Waals surface area contributed by atoms with Crippen molar-refractivity contribution in [2.75, 3.05) is 11.9 Å². The Labute approximate surface area is 122 Å². The number of hydrogen-bond donors (Lipinski definition) is 2. The molecule has 1 atom stereocenters. The highest BCUT2D eigenvalue weighted by Crippen LogP contribution is 2.25. The Morgan fingerprint density at radius 2 is 2.16 bits per heavy atom. The molecule has 5 nitrogen and oxygen atoms in total. The van der Waals surface area contributed by atoms with E-state index in [1.807, 2.05) is 0 Å². The van der Waals surface area contributed by atoms with Crippen LogP contribution in [0.2, 0.25) is 10.2 Å². The third-order valence-electron chi connectivity index (χ3n) is 2.94. The first-order valence-electron chi connectivity index (χ1n) is 6.24. The van der Waals surface area contributed by atoms with E-state index in [0.717, 1.165) is 19.3 Å². The van der Waals surface area contributed by atoms with Gasteiger partial charge in [0.25, 0.3) is 0 Å². The summed E-state index contributed by atoms with van der Waals surface area (Å²) in [6.45, 7) is 2.74. The number of aromatic nitrogens is 2. The maximum Gasteiger partial charge on any atom is 0.225 e. The highest BCUT2D eigenvalue weighted by atomic mass is 35.5. The number of anilines is 1. The van der Waals surface area contributed by atoms with Gasteiger partial charge >= 0.3 is 0 Å². The molecule has 0 spiro atoms. The molecule has 106 valence electrons. The molecular formula is C12H18Cl2N4O. The van der Waals surface area contributed by atoms with Crippen LogP contribution in [0.1, 0.15) is 32.6 Å². The molecule has 1 aromatic rings. The Morgan fingerprint density at radius 1 is 1.42 bits per heavy atom. The second kappa shape index (κ2) is 8.30. The van der Waals surface area contributed by atoms with E-state index >= 15 is 0 Å². The Kier molecular flexibility index (Phi) is 7.05. The lowest BCUT2D eigenvalue weighted by Crippen LogP contribution is -2.16. The summed E-state index contributed by atoms with van der Waals surface area (Å²) in [6, 6.07) is 0. The van der Waals surface area contributed by atoms with Gasteiger partial charge in [0.05, 0.1) is 0 Å². The maximum absolute atomic E-state index is 11.8. The van der Waals surface area contributed by atoms with Crippen LogP contribution in [0.5, 0.6) is 0 Å². The summed E-state index contributed by atoms with van der Waals surface area (Å²) >= 11 is 11.6. The monoisotopic (exact) mass is 304 g/mol. The Hall–Kier alpha value is -0.910. The van der Waals surface area contributed by atoms with Crippen molar-refractivity contribution < 1.29 is 4.79 Å². The van der Waals surface area contributed by atoms with Crippen molar-refractivity contribution in [3.8, 4) is 0 Å². The maximum atomic E-state index is 11.8. The zero-order chi connectivity index (χ0) is 14.3. The molecule has 0 radical (unpaired) electrons. The third kappa shape index (κ3) is 5.30. The van der Waals surface area contributed by atoms with Gasteiger partial charge < -0.3 is 11.1 Å². The summed E-state index contributed by atoms with van der Waals surface area (Å²) in [4.78, 5) is 19.4. The minimum absolute atomic E-state index is 0.126. The van der Waals surface area contributed by atoms with Crippen LogP contribution >= 0.6 is 23.2 Å². The van der Waals surface area contributed by atoms with E-state index in [-0.39, 0.29) is 21.9 Å². The Balaban J connectivity index is 2.49. The van der Waals surface area contributed by atoms with Crippen LogP contribution in [0.15, 0.2) is 6.33 Å². The van der Waals surface area contributed by atoms with Gasteiger partial charge in [-0.05, 0) is 25.3 Å². The number of carbonyl (C=O) groups excluding carboxylic acids is 1. The number of amides is 1. The molecular weight excluding hydrogens is 287 g/mol. The fourth-order valence-electron chi connectivity index (χ4n) is 1.75. The van der Waals surface area contributed by atoms with E-state index in [9.17, 15) is 4.79 Å². The minimum Gasteiger partial charge on any atom is -0.330 e. The summed E-state index contributed by atoms with van der Waals surface area (Å²) in [6.07, 6.45) is 4.42. The van der Waals surface area contributed by atoms with Crippen molar-refractivity contribution in [3.05, 3.63) is 16.5 Å². The number of hydrogen-bond acceptors (Lipinski definition) is 4. The molecule has 0 aliphatic carbocycles. The van der Waals surface area contributed by atoms with Crippen molar-refractivity contribution in [1.29, 1.82) is 0 Å². The van der Waals surface area contributed by atoms with Crippen LogP contribution in [0, 0.1) is 5.92 Å². The van der Waals surface area contributed by atoms with E-state index in [0.29, 0.717) is 18.9 Å². The molecule has 1 unspecified atom stereocenters. The van der Waals surface area contributed by atoms with Gasteiger partial charge in [-0.1, -0.05) is 36.5 Å². The van der Waals surface area contributed by atoms with E-state index < -0.39 is 0 Å². The zero-order valence-electron chi connectivity index (χ0n) is 10.8. The third-order valence-corrected chi connectivity index (χ3v) is 3.68. The van der Waals surface area contributed by atoms with Crippen molar-refractivity contribution in [2.45, 2.75) is 32.6 Å². The lowest BCUT2D eigenvalue weighted by molar-refractivity contribution is -0.116. The molecule has 0 saturated carbocycles. The first-order chi connectivity index (χ1) is 9.08. The van der Waals surface area contributed by atoms with Gasteiger partial charge in [0.1, 0.15) is 11.3 Å². The first-order valence-corrected chi connectivity index (χ1v) is 7.00. The predicted molar refractivity (Wildman–Crippen MR) is 77.4 cm³/mol. The molecule has 19 heavy (non-hydrogen) atoms. The largest absolute Gasteiger partial charge is 0.330 e. The molecule has 1 heterocycles. The van der Waals surface area contributed by atoms with Crippen LogP contribution in [0.25, 0.3) is 0 Å². The second-order valence-electron chi connectivity index (χ2n) is 4.27. The van der Waals surface area contributed by atoms with Gasteiger partial charge in [-0.3, -0.25) is 4.79 Å². The highest BCUT2D eigenvalue weighted by molar-refractivity contribution is 6.42. The number of nitrogens with two attached hydrogens (primary N) is 1. The molecule has 3 N–H and O–H groups in total. The summed E-state index contributed by atoms with van der Waals surface area (Å²) in [5.41, 5.74) is 5.52. The molecule has 0 aliphatic heterocycles. The summed E-state index contributed by atoms with van der Waals surface area (Å²) in [7, 11) is 0. The number of nitrogens with one attached hydrogen (secondary N) is 1. The standard InChI is InChI=1S/C12H18Cl2N4O/c1-2-8(5-6-15)3-4-9(19)18-12-10(13)11(14)16-7-17-12/h7-8H,2-6,15H2,1H3,(H,16,17,18,19). The molecule has 0 aromatic carbocycles. The molecule has 0 fully saturated rings. The summed E-state index contributed by atoms with van der Waals surface area (Å²) < 4.78 is 0. The van der Waals surface area contributed by atoms with Crippen molar-refractivity contribution >= 4 is 34.9 Å². The van der Waals surface area contributed by atoms with Gasteiger partial charge in [0.2, 0.25) is 5.91 Å². The van der Waals surface area contributed by atoms with Gasteiger partial charge in [0.15, 0.2) is 11.0 Å². The molecule has 0 aliphatic rings. The predicted octanol–water partition coefficient (Wildman–Crippen LogP) is 2.88. The van der Waals surface area contributed by atoms with Crippen molar-refractivity contribution in [1.82, 2.24) is 9.97 Å². The Bertz CT molecular complexity index is 428. The van der Waals surface area contributed by atoms with Gasteiger partial charge in [-0.2, -0.15) is 0 Å². The average molecular weight is 305 g/mol. The normalized spacial score (nSPS) is 12.2. The minimum atomic E-state index is -0.132. The fourth-order valence-corrected chi connectivity index (χ4v) is 2.03. The van der Waals surface area contributed by atoms with Crippen LogP contribution < -0.4 is 11.1 Å². The van der Waals surface area contributed by atoms with Gasteiger partial charge in [-0.15, -0.1) is 0 Å². The van der Waals surface area contributed by atoms with Gasteiger partial charge in [0, 0.05) is 6.42 Å². The second-order valence-corrected chi connectivity index (χ2v) is 5.00. The van der Waals surface area contributed by atoms with E-state index in [1.54, 1.807) is 0 Å². The molecule has 1 rings (SSSR count). The number of carbonyl (C=O) groups is 1.